The number of rotatable bonds is 8. The van der Waals surface area contributed by atoms with E-state index in [4.69, 9.17) is 10.00 Å². The quantitative estimate of drug-likeness (QED) is 0.534. The molecule has 0 unspecified atom stereocenters. The Hall–Kier alpha value is -2.19. The normalized spacial score (nSPS) is 10.7. The summed E-state index contributed by atoms with van der Waals surface area (Å²) in [5.41, 5.74) is 1.08. The molecule has 5 heteroatoms. The van der Waals surface area contributed by atoms with Gasteiger partial charge in [0.2, 0.25) is 0 Å². The molecular formula is C15H19N3O2. The van der Waals surface area contributed by atoms with Crippen molar-refractivity contribution in [1.29, 1.82) is 5.26 Å². The van der Waals surface area contributed by atoms with Crippen LogP contribution in [0.3, 0.4) is 0 Å². The Balaban J connectivity index is 2.52. The summed E-state index contributed by atoms with van der Waals surface area (Å²) in [6.07, 6.45) is 7.16. The molecular weight excluding hydrogens is 254 g/mol. The summed E-state index contributed by atoms with van der Waals surface area (Å²) >= 11 is 0. The average Bonchev–Trinajstić information content (AvgIpc) is 2.46. The molecule has 0 aliphatic rings. The van der Waals surface area contributed by atoms with E-state index in [0.717, 1.165) is 5.56 Å². The molecule has 1 heterocycles. The number of hydrogen-bond acceptors (Lipinski definition) is 5. The molecule has 5 nitrogen and oxygen atoms in total. The van der Waals surface area contributed by atoms with Gasteiger partial charge in [-0.15, -0.1) is 0 Å². The van der Waals surface area contributed by atoms with E-state index in [9.17, 15) is 4.79 Å². The molecule has 0 aliphatic carbocycles. The SMILES string of the molecule is CCOC(=O)/C=C/CN(CCC#N)Cc1cccnc1. The molecule has 0 saturated carbocycles. The van der Waals surface area contributed by atoms with Gasteiger partial charge in [0.1, 0.15) is 0 Å². The highest BCUT2D eigenvalue weighted by molar-refractivity contribution is 5.81. The van der Waals surface area contributed by atoms with Crippen LogP contribution in [0, 0.1) is 11.3 Å². The van der Waals surface area contributed by atoms with Gasteiger partial charge in [-0.25, -0.2) is 4.79 Å². The number of carbonyl (C=O) groups excluding carboxylic acids is 1. The molecule has 1 aromatic rings. The Morgan fingerprint density at radius 2 is 2.45 bits per heavy atom. The van der Waals surface area contributed by atoms with Crippen molar-refractivity contribution in [3.8, 4) is 6.07 Å². The third-order valence-corrected chi connectivity index (χ3v) is 2.57. The van der Waals surface area contributed by atoms with Crippen LogP contribution in [0.5, 0.6) is 0 Å². The van der Waals surface area contributed by atoms with Gasteiger partial charge in [-0.2, -0.15) is 5.26 Å². The van der Waals surface area contributed by atoms with Crippen molar-refractivity contribution in [3.63, 3.8) is 0 Å². The highest BCUT2D eigenvalue weighted by Gasteiger charge is 2.04. The zero-order valence-electron chi connectivity index (χ0n) is 11.7. The number of pyridine rings is 1. The first kappa shape index (κ1) is 15.9. The lowest BCUT2D eigenvalue weighted by atomic mass is 10.2. The monoisotopic (exact) mass is 273 g/mol. The topological polar surface area (TPSA) is 66.2 Å². The first-order valence-corrected chi connectivity index (χ1v) is 6.57. The van der Waals surface area contributed by atoms with E-state index < -0.39 is 0 Å². The van der Waals surface area contributed by atoms with Gasteiger partial charge < -0.3 is 4.74 Å². The fraction of sp³-hybridized carbons (Fsp3) is 0.400. The van der Waals surface area contributed by atoms with Gasteiger partial charge in [0.25, 0.3) is 0 Å². The Bertz CT molecular complexity index is 466. The number of hydrogen-bond donors (Lipinski definition) is 0. The Labute approximate surface area is 119 Å². The number of esters is 1. The lowest BCUT2D eigenvalue weighted by molar-refractivity contribution is -0.137. The fourth-order valence-corrected chi connectivity index (χ4v) is 1.68. The third-order valence-electron chi connectivity index (χ3n) is 2.57. The van der Waals surface area contributed by atoms with E-state index in [2.05, 4.69) is 16.0 Å². The van der Waals surface area contributed by atoms with Gasteiger partial charge in [0, 0.05) is 44.5 Å². The van der Waals surface area contributed by atoms with Gasteiger partial charge in [-0.1, -0.05) is 12.1 Å². The summed E-state index contributed by atoms with van der Waals surface area (Å²) in [4.78, 5) is 17.4. The number of aromatic nitrogens is 1. The lowest BCUT2D eigenvalue weighted by Gasteiger charge is -2.19. The molecule has 0 amide bonds. The van der Waals surface area contributed by atoms with Crippen LogP contribution >= 0.6 is 0 Å². The highest BCUT2D eigenvalue weighted by atomic mass is 16.5. The molecule has 0 atom stereocenters. The van der Waals surface area contributed by atoms with Crippen LogP contribution in [0.1, 0.15) is 18.9 Å². The molecule has 0 radical (unpaired) electrons. The number of ether oxygens (including phenoxy) is 1. The van der Waals surface area contributed by atoms with Crippen molar-refractivity contribution in [2.45, 2.75) is 19.9 Å². The van der Waals surface area contributed by atoms with E-state index >= 15 is 0 Å². The van der Waals surface area contributed by atoms with Crippen LogP contribution in [0.2, 0.25) is 0 Å². The van der Waals surface area contributed by atoms with Crippen molar-refractivity contribution >= 4 is 5.97 Å². The zero-order chi connectivity index (χ0) is 14.6. The maximum atomic E-state index is 11.2. The van der Waals surface area contributed by atoms with Crippen molar-refractivity contribution in [2.24, 2.45) is 0 Å². The Kier molecular flexibility index (Phi) is 7.70. The van der Waals surface area contributed by atoms with Gasteiger partial charge in [-0.3, -0.25) is 9.88 Å². The van der Waals surface area contributed by atoms with Crippen molar-refractivity contribution in [1.82, 2.24) is 9.88 Å². The second-order valence-corrected chi connectivity index (χ2v) is 4.16. The van der Waals surface area contributed by atoms with Crippen molar-refractivity contribution < 1.29 is 9.53 Å². The molecule has 0 bridgehead atoms. The molecule has 1 rings (SSSR count). The third kappa shape index (κ3) is 6.66. The summed E-state index contributed by atoms with van der Waals surface area (Å²) in [5, 5.41) is 8.68. The molecule has 0 aromatic carbocycles. The van der Waals surface area contributed by atoms with Crippen LogP contribution in [0.15, 0.2) is 36.7 Å². The molecule has 106 valence electrons. The Morgan fingerprint density at radius 3 is 3.10 bits per heavy atom. The van der Waals surface area contributed by atoms with Crippen LogP contribution in [0.4, 0.5) is 0 Å². The summed E-state index contributed by atoms with van der Waals surface area (Å²) < 4.78 is 4.82. The van der Waals surface area contributed by atoms with Crippen LogP contribution in [0.25, 0.3) is 0 Å². The predicted octanol–water partition coefficient (Wildman–Crippen LogP) is 1.92. The molecule has 0 aliphatic heterocycles. The summed E-state index contributed by atoms with van der Waals surface area (Å²) in [7, 11) is 0. The van der Waals surface area contributed by atoms with Gasteiger partial charge >= 0.3 is 5.97 Å². The fourth-order valence-electron chi connectivity index (χ4n) is 1.68. The van der Waals surface area contributed by atoms with E-state index in [-0.39, 0.29) is 5.97 Å². The first-order valence-electron chi connectivity index (χ1n) is 6.57. The minimum Gasteiger partial charge on any atom is -0.463 e. The molecule has 20 heavy (non-hydrogen) atoms. The summed E-state index contributed by atoms with van der Waals surface area (Å²) in [5.74, 6) is -0.339. The van der Waals surface area contributed by atoms with Gasteiger partial charge in [-0.05, 0) is 18.6 Å². The van der Waals surface area contributed by atoms with Crippen LogP contribution in [-0.4, -0.2) is 35.5 Å². The average molecular weight is 273 g/mol. The number of carbonyl (C=O) groups is 1. The smallest absolute Gasteiger partial charge is 0.330 e. The zero-order valence-corrected chi connectivity index (χ0v) is 11.7. The largest absolute Gasteiger partial charge is 0.463 e. The van der Waals surface area contributed by atoms with Crippen molar-refractivity contribution in [2.75, 3.05) is 19.7 Å². The van der Waals surface area contributed by atoms with E-state index in [1.54, 1.807) is 25.4 Å². The highest BCUT2D eigenvalue weighted by Crippen LogP contribution is 2.03. The minimum absolute atomic E-state index is 0.339. The standard InChI is InChI=1S/C15H19N3O2/c1-2-20-15(19)7-4-10-18(11-5-8-16)13-14-6-3-9-17-12-14/h3-4,6-7,9,12H,2,5,10-11,13H2,1H3/b7-4+. The van der Waals surface area contributed by atoms with E-state index in [0.29, 0.717) is 32.7 Å². The molecule has 0 N–H and O–H groups in total. The molecule has 0 spiro atoms. The van der Waals surface area contributed by atoms with Crippen molar-refractivity contribution in [3.05, 3.63) is 42.2 Å². The van der Waals surface area contributed by atoms with Crippen LogP contribution in [-0.2, 0) is 16.1 Å². The predicted molar refractivity (Wildman–Crippen MR) is 75.5 cm³/mol. The first-order chi connectivity index (χ1) is 9.76. The molecule has 0 saturated heterocycles. The van der Waals surface area contributed by atoms with Crippen LogP contribution < -0.4 is 0 Å². The maximum absolute atomic E-state index is 11.2. The van der Waals surface area contributed by atoms with Gasteiger partial charge in [0.05, 0.1) is 12.7 Å². The number of nitriles is 1. The van der Waals surface area contributed by atoms with E-state index in [1.165, 1.54) is 6.08 Å². The second kappa shape index (κ2) is 9.70. The summed E-state index contributed by atoms with van der Waals surface area (Å²) in [6, 6.07) is 6.00. The maximum Gasteiger partial charge on any atom is 0.330 e. The molecule has 1 aromatic heterocycles. The Morgan fingerprint density at radius 1 is 1.60 bits per heavy atom. The number of nitrogens with zero attached hydrogens (tertiary/aromatic N) is 3. The van der Waals surface area contributed by atoms with Gasteiger partial charge in [0.15, 0.2) is 0 Å². The summed E-state index contributed by atoms with van der Waals surface area (Å²) in [6.45, 7) is 4.08. The minimum atomic E-state index is -0.339. The lowest BCUT2D eigenvalue weighted by Crippen LogP contribution is -2.24. The second-order valence-electron chi connectivity index (χ2n) is 4.16. The molecule has 0 fully saturated rings. The van der Waals surface area contributed by atoms with E-state index in [1.807, 2.05) is 12.1 Å².